The highest BCUT2D eigenvalue weighted by Gasteiger charge is 2.38. The zero-order valence-corrected chi connectivity index (χ0v) is 8.57. The van der Waals surface area contributed by atoms with Crippen LogP contribution in [0.15, 0.2) is 0 Å². The van der Waals surface area contributed by atoms with Gasteiger partial charge >= 0.3 is 0 Å². The lowest BCUT2D eigenvalue weighted by Crippen LogP contribution is -2.43. The van der Waals surface area contributed by atoms with Gasteiger partial charge in [-0.15, -0.1) is 0 Å². The molecule has 2 heteroatoms. The van der Waals surface area contributed by atoms with Gasteiger partial charge in [0.15, 0.2) is 6.29 Å². The maximum Gasteiger partial charge on any atom is 0.155 e. The highest BCUT2D eigenvalue weighted by Crippen LogP contribution is 2.40. The van der Waals surface area contributed by atoms with Crippen LogP contribution in [0, 0.1) is 17.8 Å². The summed E-state index contributed by atoms with van der Waals surface area (Å²) in [5, 5.41) is 9.48. The molecule has 2 rings (SSSR count). The van der Waals surface area contributed by atoms with E-state index in [0.717, 1.165) is 18.8 Å². The minimum absolute atomic E-state index is 0.336. The van der Waals surface area contributed by atoms with E-state index >= 15 is 0 Å². The molecule has 76 valence electrons. The summed E-state index contributed by atoms with van der Waals surface area (Å²) in [7, 11) is 0. The summed E-state index contributed by atoms with van der Waals surface area (Å²) in [6.45, 7) is 4.53. The Labute approximate surface area is 80.3 Å². The lowest BCUT2D eigenvalue weighted by Gasteiger charge is -2.43. The van der Waals surface area contributed by atoms with Crippen molar-refractivity contribution in [2.75, 3.05) is 0 Å². The van der Waals surface area contributed by atoms with Crippen molar-refractivity contribution < 1.29 is 9.84 Å². The fourth-order valence-electron chi connectivity index (χ4n) is 2.91. The van der Waals surface area contributed by atoms with Crippen molar-refractivity contribution in [2.24, 2.45) is 17.8 Å². The predicted molar refractivity (Wildman–Crippen MR) is 51.2 cm³/mol. The van der Waals surface area contributed by atoms with E-state index in [0.29, 0.717) is 17.9 Å². The fourth-order valence-corrected chi connectivity index (χ4v) is 2.91. The molecule has 1 N–H and O–H groups in total. The van der Waals surface area contributed by atoms with Crippen LogP contribution in [0.3, 0.4) is 0 Å². The van der Waals surface area contributed by atoms with Gasteiger partial charge < -0.3 is 9.84 Å². The van der Waals surface area contributed by atoms with Crippen LogP contribution in [-0.4, -0.2) is 17.5 Å². The van der Waals surface area contributed by atoms with E-state index < -0.39 is 6.29 Å². The summed E-state index contributed by atoms with van der Waals surface area (Å²) in [5.41, 5.74) is 0. The molecule has 2 fully saturated rings. The zero-order valence-electron chi connectivity index (χ0n) is 8.57. The smallest absolute Gasteiger partial charge is 0.155 e. The minimum atomic E-state index is -0.499. The number of rotatable bonds is 0. The lowest BCUT2D eigenvalue weighted by atomic mass is 9.72. The van der Waals surface area contributed by atoms with Crippen molar-refractivity contribution in [1.82, 2.24) is 0 Å². The first kappa shape index (κ1) is 9.47. The topological polar surface area (TPSA) is 29.5 Å². The number of hydrogen-bond donors (Lipinski definition) is 1. The van der Waals surface area contributed by atoms with Crippen LogP contribution in [0.4, 0.5) is 0 Å². The Morgan fingerprint density at radius 3 is 2.69 bits per heavy atom. The molecule has 0 spiro atoms. The van der Waals surface area contributed by atoms with Crippen LogP contribution in [0.1, 0.15) is 39.5 Å². The lowest BCUT2D eigenvalue weighted by molar-refractivity contribution is -0.210. The third-order valence-electron chi connectivity index (χ3n) is 3.74. The molecule has 0 amide bonds. The minimum Gasteiger partial charge on any atom is -0.368 e. The molecule has 0 aromatic carbocycles. The van der Waals surface area contributed by atoms with Crippen molar-refractivity contribution in [3.8, 4) is 0 Å². The van der Waals surface area contributed by atoms with Gasteiger partial charge in [0.05, 0.1) is 6.10 Å². The van der Waals surface area contributed by atoms with Crippen LogP contribution in [0.5, 0.6) is 0 Å². The second kappa shape index (κ2) is 3.58. The van der Waals surface area contributed by atoms with E-state index in [-0.39, 0.29) is 0 Å². The van der Waals surface area contributed by atoms with E-state index in [1.807, 2.05) is 0 Å². The Balaban J connectivity index is 2.02. The van der Waals surface area contributed by atoms with Crippen LogP contribution in [0.25, 0.3) is 0 Å². The SMILES string of the molecule is CC1CC(O)O[C@@H]2C[C@H](C)CC[C@@H]12. The molecule has 1 heterocycles. The molecule has 2 aliphatic rings. The second-order valence-electron chi connectivity index (χ2n) is 4.92. The highest BCUT2D eigenvalue weighted by molar-refractivity contribution is 4.86. The molecule has 2 unspecified atom stereocenters. The summed E-state index contributed by atoms with van der Waals surface area (Å²) >= 11 is 0. The summed E-state index contributed by atoms with van der Waals surface area (Å²) in [6, 6.07) is 0. The molecule has 1 saturated heterocycles. The van der Waals surface area contributed by atoms with E-state index in [4.69, 9.17) is 4.74 Å². The number of ether oxygens (including phenoxy) is 1. The van der Waals surface area contributed by atoms with E-state index in [1.54, 1.807) is 0 Å². The molecular weight excluding hydrogens is 164 g/mol. The van der Waals surface area contributed by atoms with Gasteiger partial charge in [0.25, 0.3) is 0 Å². The van der Waals surface area contributed by atoms with Gasteiger partial charge in [-0.25, -0.2) is 0 Å². The third-order valence-corrected chi connectivity index (χ3v) is 3.74. The zero-order chi connectivity index (χ0) is 9.42. The molecule has 5 atom stereocenters. The highest BCUT2D eigenvalue weighted by atomic mass is 16.6. The van der Waals surface area contributed by atoms with Gasteiger partial charge in [0, 0.05) is 6.42 Å². The molecule has 0 aromatic rings. The number of aliphatic hydroxyl groups is 1. The van der Waals surface area contributed by atoms with Gasteiger partial charge in [-0.05, 0) is 30.6 Å². The quantitative estimate of drug-likeness (QED) is 0.625. The second-order valence-corrected chi connectivity index (χ2v) is 4.92. The molecule has 13 heavy (non-hydrogen) atoms. The van der Waals surface area contributed by atoms with Gasteiger partial charge in [-0.1, -0.05) is 20.3 Å². The Kier molecular flexibility index (Phi) is 2.61. The maximum atomic E-state index is 9.48. The molecular formula is C11H20O2. The standard InChI is InChI=1S/C11H20O2/c1-7-3-4-9-8(2)6-11(12)13-10(9)5-7/h7-12H,3-6H2,1-2H3/t7-,8?,9+,10-,11?/m1/s1. The van der Waals surface area contributed by atoms with Crippen molar-refractivity contribution in [3.05, 3.63) is 0 Å². The molecule has 1 saturated carbocycles. The Morgan fingerprint density at radius 1 is 1.15 bits per heavy atom. The molecule has 0 bridgehead atoms. The maximum absolute atomic E-state index is 9.48. The monoisotopic (exact) mass is 184 g/mol. The summed E-state index contributed by atoms with van der Waals surface area (Å²) in [6.07, 6.45) is 4.44. The van der Waals surface area contributed by atoms with E-state index in [1.165, 1.54) is 12.8 Å². The summed E-state index contributed by atoms with van der Waals surface area (Å²) in [4.78, 5) is 0. The summed E-state index contributed by atoms with van der Waals surface area (Å²) in [5.74, 6) is 2.12. The number of fused-ring (bicyclic) bond motifs is 1. The van der Waals surface area contributed by atoms with E-state index in [2.05, 4.69) is 13.8 Å². The van der Waals surface area contributed by atoms with Gasteiger partial charge in [0.2, 0.25) is 0 Å². The van der Waals surface area contributed by atoms with Crippen molar-refractivity contribution in [1.29, 1.82) is 0 Å². The van der Waals surface area contributed by atoms with Crippen molar-refractivity contribution >= 4 is 0 Å². The largest absolute Gasteiger partial charge is 0.368 e. The van der Waals surface area contributed by atoms with Crippen LogP contribution in [-0.2, 0) is 4.74 Å². The van der Waals surface area contributed by atoms with Crippen LogP contribution < -0.4 is 0 Å². The molecule has 0 aromatic heterocycles. The summed E-state index contributed by atoms with van der Waals surface area (Å²) < 4.78 is 5.59. The molecule has 1 aliphatic heterocycles. The first-order valence-corrected chi connectivity index (χ1v) is 5.50. The third kappa shape index (κ3) is 1.89. The average molecular weight is 184 g/mol. The van der Waals surface area contributed by atoms with Crippen molar-refractivity contribution in [2.45, 2.75) is 51.9 Å². The molecule has 0 radical (unpaired) electrons. The molecule has 1 aliphatic carbocycles. The predicted octanol–water partition coefficient (Wildman–Crippen LogP) is 2.17. The Bertz CT molecular complexity index is 179. The van der Waals surface area contributed by atoms with Gasteiger partial charge in [0.1, 0.15) is 0 Å². The Hall–Kier alpha value is -0.0800. The normalized spacial score (nSPS) is 51.5. The number of aliphatic hydroxyl groups excluding tert-OH is 1. The first-order valence-electron chi connectivity index (χ1n) is 5.50. The Morgan fingerprint density at radius 2 is 1.92 bits per heavy atom. The van der Waals surface area contributed by atoms with Gasteiger partial charge in [-0.2, -0.15) is 0 Å². The van der Waals surface area contributed by atoms with Crippen molar-refractivity contribution in [3.63, 3.8) is 0 Å². The number of hydrogen-bond acceptors (Lipinski definition) is 2. The first-order chi connectivity index (χ1) is 6.16. The molecule has 2 nitrogen and oxygen atoms in total. The van der Waals surface area contributed by atoms with Crippen LogP contribution >= 0.6 is 0 Å². The average Bonchev–Trinajstić information content (AvgIpc) is 2.02. The fraction of sp³-hybridized carbons (Fsp3) is 1.00. The van der Waals surface area contributed by atoms with Crippen LogP contribution in [0.2, 0.25) is 0 Å². The van der Waals surface area contributed by atoms with Gasteiger partial charge in [-0.3, -0.25) is 0 Å². The van der Waals surface area contributed by atoms with E-state index in [9.17, 15) is 5.11 Å².